The summed E-state index contributed by atoms with van der Waals surface area (Å²) in [6.45, 7) is 5.43. The highest BCUT2D eigenvalue weighted by Gasteiger charge is 2.34. The number of carboxylic acids is 1. The lowest BCUT2D eigenvalue weighted by Gasteiger charge is -2.19. The van der Waals surface area contributed by atoms with Gasteiger partial charge >= 0.3 is 5.97 Å². The molecule has 1 aliphatic heterocycles. The molecule has 2 rings (SSSR count). The summed E-state index contributed by atoms with van der Waals surface area (Å²) in [5.41, 5.74) is 1.99. The number of nitrogens with zero attached hydrogens (tertiary/aromatic N) is 1. The summed E-state index contributed by atoms with van der Waals surface area (Å²) >= 11 is 6.35. The average Bonchev–Trinajstić information content (AvgIpc) is 2.83. The Morgan fingerprint density at radius 2 is 1.93 bits per heavy atom. The van der Waals surface area contributed by atoms with E-state index in [-0.39, 0.29) is 22.7 Å². The van der Waals surface area contributed by atoms with Gasteiger partial charge in [-0.1, -0.05) is 67.7 Å². The van der Waals surface area contributed by atoms with Gasteiger partial charge in [0.25, 0.3) is 5.91 Å². The van der Waals surface area contributed by atoms with Crippen LogP contribution in [0.15, 0.2) is 29.2 Å². The second-order valence-corrected chi connectivity index (χ2v) is 8.44. The SMILES string of the molecule is Cc1ccc(/C=C2/SC(=S)N(CC(=O)N[C@H](CC(C)C)C(=O)O)C2=O)cc1. The van der Waals surface area contributed by atoms with Gasteiger partial charge in [-0.15, -0.1) is 0 Å². The molecule has 0 spiro atoms. The van der Waals surface area contributed by atoms with Crippen LogP contribution in [-0.4, -0.2) is 44.7 Å². The Balaban J connectivity index is 2.05. The minimum atomic E-state index is -1.10. The first-order valence-electron chi connectivity index (χ1n) is 8.51. The van der Waals surface area contributed by atoms with Crippen LogP contribution in [0.2, 0.25) is 0 Å². The zero-order chi connectivity index (χ0) is 20.1. The number of aryl methyl sites for hydroxylation is 1. The normalized spacial score (nSPS) is 16.9. The number of carbonyl (C=O) groups excluding carboxylic acids is 2. The quantitative estimate of drug-likeness (QED) is 0.535. The van der Waals surface area contributed by atoms with Gasteiger partial charge in [0.05, 0.1) is 4.91 Å². The maximum atomic E-state index is 12.6. The van der Waals surface area contributed by atoms with Crippen LogP contribution in [0.25, 0.3) is 6.08 Å². The fourth-order valence-electron chi connectivity index (χ4n) is 2.53. The summed E-state index contributed by atoms with van der Waals surface area (Å²) in [7, 11) is 0. The zero-order valence-corrected chi connectivity index (χ0v) is 17.0. The number of amides is 2. The highest BCUT2D eigenvalue weighted by molar-refractivity contribution is 8.26. The van der Waals surface area contributed by atoms with Crippen molar-refractivity contribution in [2.45, 2.75) is 33.2 Å². The van der Waals surface area contributed by atoms with Gasteiger partial charge in [-0.25, -0.2) is 4.79 Å². The minimum Gasteiger partial charge on any atom is -0.480 e. The van der Waals surface area contributed by atoms with Crippen molar-refractivity contribution in [2.75, 3.05) is 6.54 Å². The zero-order valence-electron chi connectivity index (χ0n) is 15.4. The summed E-state index contributed by atoms with van der Waals surface area (Å²) in [5.74, 6) is -1.88. The first-order chi connectivity index (χ1) is 12.7. The number of aliphatic carboxylic acids is 1. The van der Waals surface area contributed by atoms with Gasteiger partial charge in [0.15, 0.2) is 0 Å². The van der Waals surface area contributed by atoms with E-state index in [2.05, 4.69) is 5.32 Å². The van der Waals surface area contributed by atoms with E-state index >= 15 is 0 Å². The van der Waals surface area contributed by atoms with Gasteiger partial charge in [0, 0.05) is 0 Å². The van der Waals surface area contributed by atoms with Crippen molar-refractivity contribution in [3.8, 4) is 0 Å². The molecule has 1 aromatic carbocycles. The number of nitrogens with one attached hydrogen (secondary N) is 1. The van der Waals surface area contributed by atoms with Gasteiger partial charge in [0.2, 0.25) is 5.91 Å². The maximum absolute atomic E-state index is 12.6. The fourth-order valence-corrected chi connectivity index (χ4v) is 3.78. The standard InChI is InChI=1S/C19H22N2O4S2/c1-11(2)8-14(18(24)25)20-16(22)10-21-17(23)15(27-19(21)26)9-13-6-4-12(3)5-7-13/h4-7,9,11,14H,8,10H2,1-3H3,(H,20,22)(H,24,25)/b15-9+/t14-/m1/s1. The molecule has 2 N–H and O–H groups in total. The molecule has 1 atom stereocenters. The molecule has 0 radical (unpaired) electrons. The third kappa shape index (κ3) is 5.90. The smallest absolute Gasteiger partial charge is 0.326 e. The van der Waals surface area contributed by atoms with Gasteiger partial charge in [-0.3, -0.25) is 14.5 Å². The molecule has 1 aliphatic rings. The van der Waals surface area contributed by atoms with E-state index in [1.165, 1.54) is 4.90 Å². The highest BCUT2D eigenvalue weighted by atomic mass is 32.2. The molecule has 0 aliphatic carbocycles. The average molecular weight is 407 g/mol. The number of benzene rings is 1. The van der Waals surface area contributed by atoms with Gasteiger partial charge in [0.1, 0.15) is 16.9 Å². The number of carbonyl (C=O) groups is 3. The van der Waals surface area contributed by atoms with E-state index in [0.29, 0.717) is 11.3 Å². The van der Waals surface area contributed by atoms with Crippen molar-refractivity contribution in [3.63, 3.8) is 0 Å². The van der Waals surface area contributed by atoms with Crippen LogP contribution < -0.4 is 5.32 Å². The molecule has 1 fully saturated rings. The predicted molar refractivity (Wildman–Crippen MR) is 110 cm³/mol. The molecule has 1 heterocycles. The second-order valence-electron chi connectivity index (χ2n) is 6.77. The van der Waals surface area contributed by atoms with Crippen LogP contribution in [0.4, 0.5) is 0 Å². The van der Waals surface area contributed by atoms with E-state index in [0.717, 1.165) is 22.9 Å². The summed E-state index contributed by atoms with van der Waals surface area (Å²) in [4.78, 5) is 37.7. The third-order valence-electron chi connectivity index (χ3n) is 3.89. The summed E-state index contributed by atoms with van der Waals surface area (Å²) < 4.78 is 0.282. The van der Waals surface area contributed by atoms with Crippen molar-refractivity contribution in [3.05, 3.63) is 40.3 Å². The molecule has 0 aromatic heterocycles. The molecule has 2 amide bonds. The molecule has 144 valence electrons. The number of thiocarbonyl (C=S) groups is 1. The third-order valence-corrected chi connectivity index (χ3v) is 5.27. The maximum Gasteiger partial charge on any atom is 0.326 e. The van der Waals surface area contributed by atoms with Gasteiger partial charge in [-0.2, -0.15) is 0 Å². The van der Waals surface area contributed by atoms with Crippen molar-refractivity contribution in [1.82, 2.24) is 10.2 Å². The first kappa shape index (κ1) is 21.1. The van der Waals surface area contributed by atoms with Crippen LogP contribution >= 0.6 is 24.0 Å². The van der Waals surface area contributed by atoms with Crippen LogP contribution in [0, 0.1) is 12.8 Å². The van der Waals surface area contributed by atoms with Gasteiger partial charge in [-0.05, 0) is 30.9 Å². The monoisotopic (exact) mass is 406 g/mol. The van der Waals surface area contributed by atoms with Crippen LogP contribution in [0.5, 0.6) is 0 Å². The number of thioether (sulfide) groups is 1. The first-order valence-corrected chi connectivity index (χ1v) is 9.74. The van der Waals surface area contributed by atoms with Crippen molar-refractivity contribution in [1.29, 1.82) is 0 Å². The number of carboxylic acid groups (broad SMARTS) is 1. The highest BCUT2D eigenvalue weighted by Crippen LogP contribution is 2.32. The molecule has 1 saturated heterocycles. The van der Waals surface area contributed by atoms with E-state index in [1.807, 2.05) is 45.0 Å². The van der Waals surface area contributed by atoms with E-state index in [9.17, 15) is 19.5 Å². The summed E-state index contributed by atoms with van der Waals surface area (Å²) in [5, 5.41) is 11.7. The number of rotatable bonds is 7. The summed E-state index contributed by atoms with van der Waals surface area (Å²) in [6, 6.07) is 6.70. The topological polar surface area (TPSA) is 86.7 Å². The number of hydrogen-bond acceptors (Lipinski definition) is 5. The van der Waals surface area contributed by atoms with Crippen molar-refractivity contribution < 1.29 is 19.5 Å². The van der Waals surface area contributed by atoms with Gasteiger partial charge < -0.3 is 10.4 Å². The van der Waals surface area contributed by atoms with E-state index in [1.54, 1.807) is 6.08 Å². The molecule has 27 heavy (non-hydrogen) atoms. The Morgan fingerprint density at radius 1 is 1.30 bits per heavy atom. The Labute approximate surface area is 168 Å². The molecule has 8 heteroatoms. The lowest BCUT2D eigenvalue weighted by molar-refractivity contribution is -0.142. The largest absolute Gasteiger partial charge is 0.480 e. The Bertz CT molecular complexity index is 787. The molecule has 6 nitrogen and oxygen atoms in total. The van der Waals surface area contributed by atoms with Crippen LogP contribution in [0.3, 0.4) is 0 Å². The Kier molecular flexibility index (Phi) is 7.15. The minimum absolute atomic E-state index is 0.112. The Hall–Kier alpha value is -2.19. The second kappa shape index (κ2) is 9.14. The van der Waals surface area contributed by atoms with Crippen molar-refractivity contribution >= 4 is 52.2 Å². The van der Waals surface area contributed by atoms with Crippen LogP contribution in [-0.2, 0) is 14.4 Å². The lowest BCUT2D eigenvalue weighted by Crippen LogP contribution is -2.47. The van der Waals surface area contributed by atoms with Crippen LogP contribution in [0.1, 0.15) is 31.4 Å². The van der Waals surface area contributed by atoms with E-state index < -0.39 is 17.9 Å². The predicted octanol–water partition coefficient (Wildman–Crippen LogP) is 2.81. The molecule has 1 aromatic rings. The van der Waals surface area contributed by atoms with Crippen molar-refractivity contribution in [2.24, 2.45) is 5.92 Å². The molecule has 0 unspecified atom stereocenters. The lowest BCUT2D eigenvalue weighted by atomic mass is 10.0. The summed E-state index contributed by atoms with van der Waals surface area (Å²) in [6.07, 6.45) is 2.04. The molecular weight excluding hydrogens is 384 g/mol. The number of hydrogen-bond donors (Lipinski definition) is 2. The fraction of sp³-hybridized carbons (Fsp3) is 0.368. The molecular formula is C19H22N2O4S2. The molecule has 0 bridgehead atoms. The molecule has 0 saturated carbocycles. The Morgan fingerprint density at radius 3 is 2.48 bits per heavy atom. The van der Waals surface area contributed by atoms with E-state index in [4.69, 9.17) is 12.2 Å².